The maximum atomic E-state index is 13.0. The molecule has 3 N–H and O–H groups in total. The predicted octanol–water partition coefficient (Wildman–Crippen LogP) is 5.09. The second-order valence-electron chi connectivity index (χ2n) is 7.44. The molecule has 1 heterocycles. The molecule has 0 spiro atoms. The molecule has 32 heavy (non-hydrogen) atoms. The topological polar surface area (TPSA) is 99.2 Å². The quantitative estimate of drug-likeness (QED) is 0.628. The third-order valence-electron chi connectivity index (χ3n) is 5.51. The zero-order valence-electron chi connectivity index (χ0n) is 16.7. The molecule has 0 bridgehead atoms. The molecule has 0 radical (unpaired) electrons. The Morgan fingerprint density at radius 1 is 1.09 bits per heavy atom. The van der Waals surface area contributed by atoms with Gasteiger partial charge in [-0.15, -0.1) is 0 Å². The first-order valence-corrected chi connectivity index (χ1v) is 10.9. The molecule has 0 saturated heterocycles. The highest BCUT2D eigenvalue weighted by molar-refractivity contribution is 6.42. The van der Waals surface area contributed by atoms with E-state index in [9.17, 15) is 14.9 Å². The van der Waals surface area contributed by atoms with Gasteiger partial charge in [-0.2, -0.15) is 5.26 Å². The number of benzene rings is 2. The lowest BCUT2D eigenvalue weighted by molar-refractivity contribution is -0.116. The van der Waals surface area contributed by atoms with Gasteiger partial charge in [0.15, 0.2) is 5.78 Å². The SMILES string of the molecule is N#CC1=C(N)N(NC(=O)c2ccc(Cl)cc2)C2=C(C(=O)CCC2)C1c1ccc(Cl)c(Cl)c1. The van der Waals surface area contributed by atoms with Crippen molar-refractivity contribution in [1.82, 2.24) is 10.4 Å². The number of amides is 1. The van der Waals surface area contributed by atoms with Crippen molar-refractivity contribution >= 4 is 46.5 Å². The highest BCUT2D eigenvalue weighted by atomic mass is 35.5. The molecule has 1 atom stereocenters. The zero-order valence-corrected chi connectivity index (χ0v) is 18.9. The summed E-state index contributed by atoms with van der Waals surface area (Å²) in [6, 6.07) is 13.4. The van der Waals surface area contributed by atoms with Gasteiger partial charge in [-0.3, -0.25) is 15.0 Å². The summed E-state index contributed by atoms with van der Waals surface area (Å²) in [6.45, 7) is 0. The molecule has 2 aliphatic rings. The van der Waals surface area contributed by atoms with Crippen LogP contribution in [0.15, 0.2) is 65.1 Å². The number of allylic oxidation sites excluding steroid dienone is 3. The number of nitriles is 1. The van der Waals surface area contributed by atoms with Crippen molar-refractivity contribution in [2.45, 2.75) is 25.2 Å². The molecule has 6 nitrogen and oxygen atoms in total. The maximum absolute atomic E-state index is 13.0. The van der Waals surface area contributed by atoms with Gasteiger partial charge in [-0.25, -0.2) is 5.01 Å². The predicted molar refractivity (Wildman–Crippen MR) is 123 cm³/mol. The van der Waals surface area contributed by atoms with Crippen LogP contribution in [0.4, 0.5) is 0 Å². The highest BCUT2D eigenvalue weighted by Crippen LogP contribution is 2.45. The number of hydrazine groups is 1. The van der Waals surface area contributed by atoms with E-state index in [1.54, 1.807) is 42.5 Å². The normalized spacial score (nSPS) is 18.4. The second kappa shape index (κ2) is 8.87. The van der Waals surface area contributed by atoms with Crippen molar-refractivity contribution in [2.24, 2.45) is 5.73 Å². The molecule has 0 aromatic heterocycles. The van der Waals surface area contributed by atoms with Gasteiger partial charge < -0.3 is 5.73 Å². The molecular formula is C23H17Cl3N4O2. The number of halogens is 3. The minimum atomic E-state index is -0.693. The van der Waals surface area contributed by atoms with E-state index in [1.165, 1.54) is 5.01 Å². The van der Waals surface area contributed by atoms with Crippen LogP contribution >= 0.6 is 34.8 Å². The first-order chi connectivity index (χ1) is 15.3. The molecular weight excluding hydrogens is 471 g/mol. The van der Waals surface area contributed by atoms with Crippen LogP contribution in [0, 0.1) is 11.3 Å². The van der Waals surface area contributed by atoms with Crippen LogP contribution in [-0.2, 0) is 4.79 Å². The van der Waals surface area contributed by atoms with Gasteiger partial charge in [0.1, 0.15) is 5.82 Å². The maximum Gasteiger partial charge on any atom is 0.270 e. The number of ketones is 1. The van der Waals surface area contributed by atoms with E-state index in [-0.39, 0.29) is 17.2 Å². The van der Waals surface area contributed by atoms with E-state index in [0.29, 0.717) is 56.7 Å². The number of hydrogen-bond donors (Lipinski definition) is 2. The molecule has 1 unspecified atom stereocenters. The Morgan fingerprint density at radius 2 is 1.81 bits per heavy atom. The minimum absolute atomic E-state index is 0.0549. The Balaban J connectivity index is 1.81. The van der Waals surface area contributed by atoms with Crippen molar-refractivity contribution in [3.8, 4) is 6.07 Å². The molecule has 2 aromatic carbocycles. The summed E-state index contributed by atoms with van der Waals surface area (Å²) >= 11 is 18.2. The van der Waals surface area contributed by atoms with E-state index in [0.717, 1.165) is 0 Å². The lowest BCUT2D eigenvalue weighted by atomic mass is 9.76. The van der Waals surface area contributed by atoms with Crippen molar-refractivity contribution in [2.75, 3.05) is 0 Å². The first-order valence-electron chi connectivity index (χ1n) is 9.79. The highest BCUT2D eigenvalue weighted by Gasteiger charge is 2.40. The van der Waals surface area contributed by atoms with Gasteiger partial charge in [-0.1, -0.05) is 40.9 Å². The Kier molecular flexibility index (Phi) is 6.16. The molecule has 9 heteroatoms. The van der Waals surface area contributed by atoms with Crippen molar-refractivity contribution in [1.29, 1.82) is 5.26 Å². The van der Waals surface area contributed by atoms with Crippen LogP contribution in [0.3, 0.4) is 0 Å². The number of carbonyl (C=O) groups is 2. The van der Waals surface area contributed by atoms with Gasteiger partial charge in [-0.05, 0) is 54.8 Å². The fourth-order valence-corrected chi connectivity index (χ4v) is 4.44. The van der Waals surface area contributed by atoms with E-state index in [1.807, 2.05) is 0 Å². The lowest BCUT2D eigenvalue weighted by Gasteiger charge is -2.39. The molecule has 0 saturated carbocycles. The number of rotatable bonds is 3. The van der Waals surface area contributed by atoms with Gasteiger partial charge >= 0.3 is 0 Å². The molecule has 2 aromatic rings. The number of Topliss-reactive ketones (excluding diaryl/α,β-unsaturated/α-hetero) is 1. The fourth-order valence-electron chi connectivity index (χ4n) is 4.01. The van der Waals surface area contributed by atoms with E-state index >= 15 is 0 Å². The molecule has 1 aliphatic carbocycles. The summed E-state index contributed by atoms with van der Waals surface area (Å²) in [5.74, 6) is -1.19. The number of nitrogens with one attached hydrogen (secondary N) is 1. The van der Waals surface area contributed by atoms with Crippen LogP contribution in [0.2, 0.25) is 15.1 Å². The van der Waals surface area contributed by atoms with Crippen LogP contribution in [0.5, 0.6) is 0 Å². The largest absolute Gasteiger partial charge is 0.383 e. The van der Waals surface area contributed by atoms with E-state index < -0.39 is 11.8 Å². The summed E-state index contributed by atoms with van der Waals surface area (Å²) in [5.41, 5.74) is 11.2. The van der Waals surface area contributed by atoms with Crippen LogP contribution in [-0.4, -0.2) is 16.7 Å². The van der Waals surface area contributed by atoms with Crippen LogP contribution < -0.4 is 11.2 Å². The Bertz CT molecular complexity index is 1230. The van der Waals surface area contributed by atoms with Crippen molar-refractivity contribution in [3.05, 3.63) is 91.3 Å². The fraction of sp³-hybridized carbons (Fsp3) is 0.174. The smallest absolute Gasteiger partial charge is 0.270 e. The Labute approximate surface area is 199 Å². The average molecular weight is 488 g/mol. The summed E-state index contributed by atoms with van der Waals surface area (Å²) in [7, 11) is 0. The first kappa shape index (κ1) is 22.2. The summed E-state index contributed by atoms with van der Waals surface area (Å²) < 4.78 is 0. The van der Waals surface area contributed by atoms with E-state index in [2.05, 4.69) is 11.5 Å². The molecule has 1 aliphatic heterocycles. The molecule has 4 rings (SSSR count). The summed E-state index contributed by atoms with van der Waals surface area (Å²) in [5, 5.41) is 12.5. The van der Waals surface area contributed by atoms with Crippen molar-refractivity contribution < 1.29 is 9.59 Å². The molecule has 162 valence electrons. The van der Waals surface area contributed by atoms with Crippen LogP contribution in [0.1, 0.15) is 41.1 Å². The monoisotopic (exact) mass is 486 g/mol. The number of nitrogens with zero attached hydrogens (tertiary/aromatic N) is 2. The van der Waals surface area contributed by atoms with Gasteiger partial charge in [0.25, 0.3) is 5.91 Å². The van der Waals surface area contributed by atoms with Crippen LogP contribution in [0.25, 0.3) is 0 Å². The summed E-state index contributed by atoms with van der Waals surface area (Å²) in [6.07, 6.45) is 1.46. The minimum Gasteiger partial charge on any atom is -0.383 e. The van der Waals surface area contributed by atoms with Gasteiger partial charge in [0.05, 0.1) is 27.6 Å². The number of hydrogen-bond acceptors (Lipinski definition) is 5. The Hall–Kier alpha value is -2.98. The standard InChI is InChI=1S/C23H17Cl3N4O2/c24-14-7-4-12(5-8-14)23(32)29-30-18-2-1-3-19(31)21(18)20(15(11-27)22(30)28)13-6-9-16(25)17(26)10-13/h4-10,20H,1-3,28H2,(H,29,32). The zero-order chi connectivity index (χ0) is 23.0. The lowest BCUT2D eigenvalue weighted by Crippen LogP contribution is -2.48. The molecule has 0 fully saturated rings. The van der Waals surface area contributed by atoms with Gasteiger partial charge in [0.2, 0.25) is 0 Å². The Morgan fingerprint density at radius 3 is 2.47 bits per heavy atom. The second-order valence-corrected chi connectivity index (χ2v) is 8.69. The average Bonchev–Trinajstić information content (AvgIpc) is 2.77. The van der Waals surface area contributed by atoms with E-state index in [4.69, 9.17) is 40.5 Å². The number of nitrogens with two attached hydrogens (primary N) is 1. The van der Waals surface area contributed by atoms with Crippen molar-refractivity contribution in [3.63, 3.8) is 0 Å². The number of carbonyl (C=O) groups excluding carboxylic acids is 2. The molecule has 1 amide bonds. The third-order valence-corrected chi connectivity index (χ3v) is 6.50. The van der Waals surface area contributed by atoms with Gasteiger partial charge in [0, 0.05) is 28.3 Å². The third kappa shape index (κ3) is 3.95. The summed E-state index contributed by atoms with van der Waals surface area (Å²) in [4.78, 5) is 25.9.